The standard InChI is InChI=1S/C19H17NO/c1-19(2,21)15-9-10-16-20(17-11-5-3-6-12-17)18-13-7-4-8-14-18/h3-8,11-14,21H,1-2H3. The lowest BCUT2D eigenvalue weighted by molar-refractivity contribution is 0.143. The Morgan fingerprint density at radius 1 is 0.810 bits per heavy atom. The summed E-state index contributed by atoms with van der Waals surface area (Å²) >= 11 is 0. The number of nitrogens with zero attached hydrogens (tertiary/aromatic N) is 1. The monoisotopic (exact) mass is 275 g/mol. The normalized spacial score (nSPS) is 9.86. The SMILES string of the molecule is CC(C)(O)C#CC#CN(c1ccccc1)c1ccccc1. The van der Waals surface area contributed by atoms with Crippen molar-refractivity contribution in [3.8, 4) is 23.8 Å². The Bertz CT molecular complexity index is 652. The molecular weight excluding hydrogens is 258 g/mol. The van der Waals surface area contributed by atoms with Crippen molar-refractivity contribution in [2.45, 2.75) is 19.4 Å². The molecule has 104 valence electrons. The van der Waals surface area contributed by atoms with Crippen molar-refractivity contribution in [3.63, 3.8) is 0 Å². The van der Waals surface area contributed by atoms with Crippen molar-refractivity contribution >= 4 is 11.4 Å². The van der Waals surface area contributed by atoms with Crippen LogP contribution in [0.25, 0.3) is 0 Å². The molecule has 2 aromatic carbocycles. The van der Waals surface area contributed by atoms with E-state index in [1.165, 1.54) is 0 Å². The highest BCUT2D eigenvalue weighted by molar-refractivity contribution is 5.68. The number of aliphatic hydroxyl groups is 1. The molecule has 0 heterocycles. The molecule has 0 radical (unpaired) electrons. The average Bonchev–Trinajstić information content (AvgIpc) is 2.48. The van der Waals surface area contributed by atoms with E-state index >= 15 is 0 Å². The van der Waals surface area contributed by atoms with Gasteiger partial charge in [-0.3, -0.25) is 4.90 Å². The van der Waals surface area contributed by atoms with E-state index < -0.39 is 5.60 Å². The van der Waals surface area contributed by atoms with Gasteiger partial charge < -0.3 is 5.11 Å². The summed E-state index contributed by atoms with van der Waals surface area (Å²) < 4.78 is 0. The van der Waals surface area contributed by atoms with Gasteiger partial charge in [-0.15, -0.1) is 0 Å². The molecule has 0 unspecified atom stereocenters. The molecule has 0 bridgehead atoms. The maximum Gasteiger partial charge on any atom is 0.120 e. The Morgan fingerprint density at radius 2 is 1.29 bits per heavy atom. The summed E-state index contributed by atoms with van der Waals surface area (Å²) in [6.07, 6.45) is 0. The van der Waals surface area contributed by atoms with Gasteiger partial charge in [-0.05, 0) is 44.0 Å². The topological polar surface area (TPSA) is 23.5 Å². The van der Waals surface area contributed by atoms with Gasteiger partial charge in [0.05, 0.1) is 11.4 Å². The van der Waals surface area contributed by atoms with Crippen molar-refractivity contribution in [2.24, 2.45) is 0 Å². The molecule has 0 amide bonds. The maximum atomic E-state index is 9.56. The lowest BCUT2D eigenvalue weighted by Crippen LogP contribution is -2.14. The van der Waals surface area contributed by atoms with E-state index in [0.29, 0.717) is 0 Å². The number of benzene rings is 2. The van der Waals surface area contributed by atoms with Crippen LogP contribution in [0.15, 0.2) is 60.7 Å². The van der Waals surface area contributed by atoms with Crippen LogP contribution >= 0.6 is 0 Å². The minimum atomic E-state index is -1.03. The highest BCUT2D eigenvalue weighted by atomic mass is 16.3. The van der Waals surface area contributed by atoms with E-state index in [0.717, 1.165) is 11.4 Å². The van der Waals surface area contributed by atoms with Crippen LogP contribution in [0.1, 0.15) is 13.8 Å². The molecular formula is C19H17NO. The molecule has 0 aromatic heterocycles. The van der Waals surface area contributed by atoms with Crippen LogP contribution in [-0.2, 0) is 0 Å². The van der Waals surface area contributed by atoms with Crippen LogP contribution < -0.4 is 4.90 Å². The van der Waals surface area contributed by atoms with E-state index in [1.54, 1.807) is 13.8 Å². The Balaban J connectivity index is 2.34. The lowest BCUT2D eigenvalue weighted by Gasteiger charge is -2.17. The van der Waals surface area contributed by atoms with Crippen LogP contribution in [0.5, 0.6) is 0 Å². The molecule has 0 aliphatic carbocycles. The molecule has 0 fully saturated rings. The fourth-order valence-electron chi connectivity index (χ4n) is 1.70. The molecule has 2 heteroatoms. The molecule has 0 aliphatic heterocycles. The fraction of sp³-hybridized carbons (Fsp3) is 0.158. The van der Waals surface area contributed by atoms with Gasteiger partial charge in [0.1, 0.15) is 5.60 Å². The van der Waals surface area contributed by atoms with Crippen LogP contribution in [0.2, 0.25) is 0 Å². The molecule has 0 saturated heterocycles. The van der Waals surface area contributed by atoms with Gasteiger partial charge in [-0.1, -0.05) is 42.3 Å². The number of para-hydroxylation sites is 2. The molecule has 2 nitrogen and oxygen atoms in total. The number of hydrogen-bond donors (Lipinski definition) is 1. The minimum Gasteiger partial charge on any atom is -0.378 e. The van der Waals surface area contributed by atoms with Gasteiger partial charge in [0, 0.05) is 12.0 Å². The van der Waals surface area contributed by atoms with Crippen molar-refractivity contribution in [1.29, 1.82) is 0 Å². The summed E-state index contributed by atoms with van der Waals surface area (Å²) in [5, 5.41) is 9.56. The van der Waals surface area contributed by atoms with E-state index in [9.17, 15) is 5.11 Å². The fourth-order valence-corrected chi connectivity index (χ4v) is 1.70. The van der Waals surface area contributed by atoms with Gasteiger partial charge in [0.15, 0.2) is 0 Å². The third-order valence-electron chi connectivity index (χ3n) is 2.63. The summed E-state index contributed by atoms with van der Waals surface area (Å²) in [6, 6.07) is 22.8. The van der Waals surface area contributed by atoms with E-state index in [4.69, 9.17) is 0 Å². The number of anilines is 2. The summed E-state index contributed by atoms with van der Waals surface area (Å²) in [4.78, 5) is 1.87. The van der Waals surface area contributed by atoms with Gasteiger partial charge in [0.25, 0.3) is 0 Å². The van der Waals surface area contributed by atoms with Crippen LogP contribution in [0.4, 0.5) is 11.4 Å². The Labute approximate surface area is 126 Å². The Kier molecular flexibility index (Phi) is 4.67. The maximum absolute atomic E-state index is 9.56. The molecule has 2 rings (SSSR count). The third-order valence-corrected chi connectivity index (χ3v) is 2.63. The largest absolute Gasteiger partial charge is 0.378 e. The summed E-state index contributed by atoms with van der Waals surface area (Å²) in [7, 11) is 0. The minimum absolute atomic E-state index is 0.973. The molecule has 0 spiro atoms. The molecule has 0 saturated carbocycles. The zero-order valence-corrected chi connectivity index (χ0v) is 12.2. The predicted molar refractivity (Wildman–Crippen MR) is 86.9 cm³/mol. The lowest BCUT2D eigenvalue weighted by atomic mass is 10.1. The van der Waals surface area contributed by atoms with Gasteiger partial charge in [-0.25, -0.2) is 0 Å². The van der Waals surface area contributed by atoms with Crippen molar-refractivity contribution < 1.29 is 5.11 Å². The second kappa shape index (κ2) is 6.66. The smallest absolute Gasteiger partial charge is 0.120 e. The first-order valence-electron chi connectivity index (χ1n) is 6.72. The van der Waals surface area contributed by atoms with Crippen molar-refractivity contribution in [3.05, 3.63) is 60.7 Å². The van der Waals surface area contributed by atoms with Crippen LogP contribution in [0, 0.1) is 23.8 Å². The molecule has 0 atom stereocenters. The zero-order valence-electron chi connectivity index (χ0n) is 12.2. The highest BCUT2D eigenvalue weighted by Crippen LogP contribution is 2.23. The second-order valence-electron chi connectivity index (χ2n) is 5.05. The van der Waals surface area contributed by atoms with E-state index in [1.807, 2.05) is 65.6 Å². The van der Waals surface area contributed by atoms with Gasteiger partial charge >= 0.3 is 0 Å². The predicted octanol–water partition coefficient (Wildman–Crippen LogP) is 3.56. The highest BCUT2D eigenvalue weighted by Gasteiger charge is 2.06. The number of rotatable bonds is 2. The zero-order chi connectivity index (χ0) is 15.1. The second-order valence-corrected chi connectivity index (χ2v) is 5.05. The van der Waals surface area contributed by atoms with Crippen molar-refractivity contribution in [2.75, 3.05) is 4.90 Å². The Morgan fingerprint density at radius 3 is 1.71 bits per heavy atom. The summed E-state index contributed by atoms with van der Waals surface area (Å²) in [5.74, 6) is 8.17. The summed E-state index contributed by atoms with van der Waals surface area (Å²) in [5.41, 5.74) is 0.918. The van der Waals surface area contributed by atoms with Gasteiger partial charge in [-0.2, -0.15) is 0 Å². The molecule has 0 aliphatic rings. The van der Waals surface area contributed by atoms with Crippen LogP contribution in [0.3, 0.4) is 0 Å². The van der Waals surface area contributed by atoms with Crippen molar-refractivity contribution in [1.82, 2.24) is 0 Å². The third kappa shape index (κ3) is 4.73. The average molecular weight is 275 g/mol. The van der Waals surface area contributed by atoms with E-state index in [2.05, 4.69) is 23.8 Å². The first kappa shape index (κ1) is 14.7. The van der Waals surface area contributed by atoms with E-state index in [-0.39, 0.29) is 0 Å². The van der Waals surface area contributed by atoms with Gasteiger partial charge in [0.2, 0.25) is 0 Å². The first-order chi connectivity index (χ1) is 10.1. The molecule has 1 N–H and O–H groups in total. The first-order valence-corrected chi connectivity index (χ1v) is 6.72. The molecule has 2 aromatic rings. The molecule has 21 heavy (non-hydrogen) atoms. The van der Waals surface area contributed by atoms with Crippen LogP contribution in [-0.4, -0.2) is 10.7 Å². The Hall–Kier alpha value is -2.68. The summed E-state index contributed by atoms with van der Waals surface area (Å²) in [6.45, 7) is 3.27. The number of hydrogen-bond acceptors (Lipinski definition) is 2. The quantitative estimate of drug-likeness (QED) is 0.669.